The lowest BCUT2D eigenvalue weighted by atomic mass is 9.94. The summed E-state index contributed by atoms with van der Waals surface area (Å²) in [5.74, 6) is 0.0192. The Hall–Kier alpha value is -2.70. The predicted molar refractivity (Wildman–Crippen MR) is 134 cm³/mol. The maximum atomic E-state index is 12.9. The van der Waals surface area contributed by atoms with Crippen molar-refractivity contribution in [2.45, 2.75) is 45.1 Å². The summed E-state index contributed by atoms with van der Waals surface area (Å²) in [6, 6.07) is 15.2. The highest BCUT2D eigenvalue weighted by atomic mass is 32.2. The van der Waals surface area contributed by atoms with Crippen LogP contribution in [0.2, 0.25) is 0 Å². The Labute approximate surface area is 198 Å². The fourth-order valence-electron chi connectivity index (χ4n) is 3.91. The van der Waals surface area contributed by atoms with E-state index in [1.165, 1.54) is 29.8 Å². The van der Waals surface area contributed by atoms with Crippen molar-refractivity contribution in [3.63, 3.8) is 0 Å². The number of hydrogen-bond donors (Lipinski definition) is 0. The van der Waals surface area contributed by atoms with E-state index in [4.69, 9.17) is 17.0 Å². The van der Waals surface area contributed by atoms with E-state index in [9.17, 15) is 9.59 Å². The summed E-state index contributed by atoms with van der Waals surface area (Å²) < 4.78 is 6.02. The zero-order chi connectivity index (χ0) is 22.5. The average Bonchev–Trinajstić information content (AvgIpc) is 3.08. The van der Waals surface area contributed by atoms with Gasteiger partial charge in [-0.15, -0.1) is 0 Å². The highest BCUT2D eigenvalue weighted by Gasteiger charge is 2.37. The summed E-state index contributed by atoms with van der Waals surface area (Å²) in [6.45, 7) is 2.02. The first-order valence-corrected chi connectivity index (χ1v) is 12.1. The Kier molecular flexibility index (Phi) is 7.22. The van der Waals surface area contributed by atoms with Crippen molar-refractivity contribution in [1.82, 2.24) is 4.90 Å². The molecule has 1 heterocycles. The lowest BCUT2D eigenvalue weighted by molar-refractivity contribution is -0.129. The van der Waals surface area contributed by atoms with Gasteiger partial charge < -0.3 is 4.74 Å². The summed E-state index contributed by atoms with van der Waals surface area (Å²) in [6.07, 6.45) is 10.6. The Balaban J connectivity index is 1.37. The van der Waals surface area contributed by atoms with Crippen LogP contribution in [-0.4, -0.2) is 27.1 Å². The van der Waals surface area contributed by atoms with Crippen molar-refractivity contribution in [2.24, 2.45) is 0 Å². The fourth-order valence-corrected chi connectivity index (χ4v) is 5.31. The second kappa shape index (κ2) is 10.3. The summed E-state index contributed by atoms with van der Waals surface area (Å²) in [4.78, 5) is 27.5. The van der Waals surface area contributed by atoms with Crippen LogP contribution in [0.15, 0.2) is 59.5 Å². The van der Waals surface area contributed by atoms with E-state index in [1.54, 1.807) is 18.2 Å². The quantitative estimate of drug-likeness (QED) is 0.230. The van der Waals surface area contributed by atoms with Crippen molar-refractivity contribution in [2.75, 3.05) is 0 Å². The normalized spacial score (nSPS) is 18.7. The molecular formula is C26H25NO3S2. The number of hydrogen-bond acceptors (Lipinski definition) is 5. The fraction of sp³-hybridized carbons (Fsp3) is 0.269. The van der Waals surface area contributed by atoms with Crippen LogP contribution in [-0.2, 0) is 9.59 Å². The van der Waals surface area contributed by atoms with Gasteiger partial charge in [0, 0.05) is 12.1 Å². The molecule has 0 bridgehead atoms. The summed E-state index contributed by atoms with van der Waals surface area (Å²) >= 11 is 6.85. The molecule has 0 atom stereocenters. The van der Waals surface area contributed by atoms with E-state index in [2.05, 4.69) is 0 Å². The molecule has 1 saturated heterocycles. The van der Waals surface area contributed by atoms with Crippen LogP contribution in [0, 0.1) is 6.92 Å². The number of nitrogens with zero attached hydrogens (tertiary/aromatic N) is 1. The molecule has 32 heavy (non-hydrogen) atoms. The molecular weight excluding hydrogens is 438 g/mol. The SMILES string of the molecule is Cc1ccc(/C=C/C(=O)Oc2ccc(/C=C3\SC(=S)N(C4CCCCC4)C3=O)cc2)cc1. The van der Waals surface area contributed by atoms with E-state index < -0.39 is 5.97 Å². The number of carbonyl (C=O) groups excluding carboxylic acids is 2. The van der Waals surface area contributed by atoms with Crippen molar-refractivity contribution in [3.8, 4) is 5.75 Å². The van der Waals surface area contributed by atoms with Crippen LogP contribution in [0.3, 0.4) is 0 Å². The first kappa shape index (κ1) is 22.5. The number of esters is 1. The van der Waals surface area contributed by atoms with Crippen LogP contribution >= 0.6 is 24.0 Å². The van der Waals surface area contributed by atoms with Gasteiger partial charge in [-0.25, -0.2) is 4.79 Å². The molecule has 1 aliphatic heterocycles. The zero-order valence-corrected chi connectivity index (χ0v) is 19.6. The molecule has 4 rings (SSSR count). The number of benzene rings is 2. The Bertz CT molecular complexity index is 1070. The van der Waals surface area contributed by atoms with Gasteiger partial charge in [-0.05, 0) is 55.2 Å². The second-order valence-corrected chi connectivity index (χ2v) is 9.75. The molecule has 2 aromatic carbocycles. The Morgan fingerprint density at radius 3 is 2.38 bits per heavy atom. The number of ether oxygens (including phenoxy) is 1. The zero-order valence-electron chi connectivity index (χ0n) is 18.0. The topological polar surface area (TPSA) is 46.6 Å². The number of thiocarbonyl (C=S) groups is 1. The minimum atomic E-state index is -0.438. The van der Waals surface area contributed by atoms with Crippen LogP contribution in [0.5, 0.6) is 5.75 Å². The molecule has 1 amide bonds. The highest BCUT2D eigenvalue weighted by Crippen LogP contribution is 2.37. The van der Waals surface area contributed by atoms with E-state index in [1.807, 2.05) is 54.3 Å². The van der Waals surface area contributed by atoms with Gasteiger partial charge in [0.2, 0.25) is 0 Å². The summed E-state index contributed by atoms with van der Waals surface area (Å²) in [5.41, 5.74) is 2.97. The third kappa shape index (κ3) is 5.56. The van der Waals surface area contributed by atoms with Crippen LogP contribution in [0.4, 0.5) is 0 Å². The van der Waals surface area contributed by atoms with E-state index in [0.717, 1.165) is 36.8 Å². The summed E-state index contributed by atoms with van der Waals surface area (Å²) in [5, 5.41) is 0. The smallest absolute Gasteiger partial charge is 0.336 e. The maximum absolute atomic E-state index is 12.9. The average molecular weight is 464 g/mol. The minimum Gasteiger partial charge on any atom is -0.423 e. The second-order valence-electron chi connectivity index (χ2n) is 8.08. The number of amides is 1. The molecule has 1 aliphatic carbocycles. The monoisotopic (exact) mass is 463 g/mol. The summed E-state index contributed by atoms with van der Waals surface area (Å²) in [7, 11) is 0. The van der Waals surface area contributed by atoms with Crippen molar-refractivity contribution >= 4 is 52.3 Å². The molecule has 6 heteroatoms. The Morgan fingerprint density at radius 2 is 1.69 bits per heavy atom. The van der Waals surface area contributed by atoms with Gasteiger partial charge in [-0.2, -0.15) is 0 Å². The van der Waals surface area contributed by atoms with Gasteiger partial charge in [-0.3, -0.25) is 9.69 Å². The van der Waals surface area contributed by atoms with Crippen molar-refractivity contribution in [1.29, 1.82) is 0 Å². The molecule has 4 nitrogen and oxygen atoms in total. The molecule has 1 saturated carbocycles. The van der Waals surface area contributed by atoms with Gasteiger partial charge >= 0.3 is 5.97 Å². The molecule has 0 radical (unpaired) electrons. The number of aryl methyl sites for hydroxylation is 1. The molecule has 0 N–H and O–H groups in total. The van der Waals surface area contributed by atoms with Gasteiger partial charge in [0.1, 0.15) is 10.1 Å². The standard InChI is InChI=1S/C26H25NO3S2/c1-18-7-9-19(10-8-18)13-16-24(28)30-22-14-11-20(12-15-22)17-23-25(29)27(26(31)32-23)21-5-3-2-4-6-21/h7-17,21H,2-6H2,1H3/b16-13+,23-17-. The predicted octanol–water partition coefficient (Wildman–Crippen LogP) is 6.15. The molecule has 0 unspecified atom stereocenters. The van der Waals surface area contributed by atoms with Gasteiger partial charge in [0.05, 0.1) is 4.91 Å². The number of thioether (sulfide) groups is 1. The highest BCUT2D eigenvalue weighted by molar-refractivity contribution is 8.26. The van der Waals surface area contributed by atoms with E-state index in [0.29, 0.717) is 15.0 Å². The van der Waals surface area contributed by atoms with Crippen molar-refractivity contribution < 1.29 is 14.3 Å². The van der Waals surface area contributed by atoms with Crippen molar-refractivity contribution in [3.05, 3.63) is 76.2 Å². The minimum absolute atomic E-state index is 0.00338. The van der Waals surface area contributed by atoms with Gasteiger partial charge in [0.25, 0.3) is 5.91 Å². The molecule has 2 aliphatic rings. The maximum Gasteiger partial charge on any atom is 0.336 e. The number of rotatable bonds is 5. The molecule has 0 aromatic heterocycles. The Morgan fingerprint density at radius 1 is 1.03 bits per heavy atom. The van der Waals surface area contributed by atoms with E-state index >= 15 is 0 Å². The lowest BCUT2D eigenvalue weighted by Gasteiger charge is -2.29. The van der Waals surface area contributed by atoms with Crippen LogP contribution < -0.4 is 4.74 Å². The molecule has 0 spiro atoms. The molecule has 2 fully saturated rings. The largest absolute Gasteiger partial charge is 0.423 e. The first-order chi connectivity index (χ1) is 15.5. The number of carbonyl (C=O) groups is 2. The molecule has 2 aromatic rings. The third-order valence-electron chi connectivity index (χ3n) is 5.65. The lowest BCUT2D eigenvalue weighted by Crippen LogP contribution is -2.39. The molecule has 164 valence electrons. The van der Waals surface area contributed by atoms with Gasteiger partial charge in [0.15, 0.2) is 0 Å². The van der Waals surface area contributed by atoms with Gasteiger partial charge in [-0.1, -0.05) is 85.2 Å². The first-order valence-electron chi connectivity index (χ1n) is 10.8. The van der Waals surface area contributed by atoms with E-state index in [-0.39, 0.29) is 11.9 Å². The van der Waals surface area contributed by atoms with Crippen LogP contribution in [0.1, 0.15) is 48.8 Å². The van der Waals surface area contributed by atoms with Crippen LogP contribution in [0.25, 0.3) is 12.2 Å². The third-order valence-corrected chi connectivity index (χ3v) is 6.98.